The molecule has 1 aliphatic rings. The Morgan fingerprint density at radius 2 is 1.93 bits per heavy atom. The SMILES string of the molecule is O=C(CSc1nnc(NC2CC2)s1)Nc1ccccc1Sc1ccc(Cl)cc1. The fourth-order valence-corrected chi connectivity index (χ4v) is 4.99. The van der Waals surface area contributed by atoms with Crippen molar-refractivity contribution in [2.75, 3.05) is 16.4 Å². The van der Waals surface area contributed by atoms with Crippen LogP contribution in [0.1, 0.15) is 12.8 Å². The Morgan fingerprint density at radius 3 is 2.71 bits per heavy atom. The van der Waals surface area contributed by atoms with Crippen LogP contribution in [-0.2, 0) is 4.79 Å². The molecule has 1 fully saturated rings. The molecule has 28 heavy (non-hydrogen) atoms. The molecule has 0 bridgehead atoms. The molecular formula is C19H17ClN4OS3. The molecule has 1 heterocycles. The van der Waals surface area contributed by atoms with E-state index in [0.29, 0.717) is 11.1 Å². The lowest BCUT2D eigenvalue weighted by Gasteiger charge is -2.10. The molecule has 3 aromatic rings. The molecule has 1 aromatic heterocycles. The Balaban J connectivity index is 1.33. The van der Waals surface area contributed by atoms with Gasteiger partial charge in [-0.05, 0) is 49.2 Å². The van der Waals surface area contributed by atoms with Crippen molar-refractivity contribution in [3.63, 3.8) is 0 Å². The predicted molar refractivity (Wildman–Crippen MR) is 118 cm³/mol. The van der Waals surface area contributed by atoms with E-state index >= 15 is 0 Å². The van der Waals surface area contributed by atoms with Crippen molar-refractivity contribution < 1.29 is 4.79 Å². The Morgan fingerprint density at radius 1 is 1.14 bits per heavy atom. The molecule has 0 aliphatic heterocycles. The normalized spacial score (nSPS) is 13.3. The Labute approximate surface area is 180 Å². The third kappa shape index (κ3) is 5.64. The zero-order valence-corrected chi connectivity index (χ0v) is 17.9. The highest BCUT2D eigenvalue weighted by Crippen LogP contribution is 2.34. The molecule has 5 nitrogen and oxygen atoms in total. The number of carbonyl (C=O) groups excluding carboxylic acids is 1. The van der Waals surface area contributed by atoms with Crippen LogP contribution in [0.5, 0.6) is 0 Å². The lowest BCUT2D eigenvalue weighted by molar-refractivity contribution is -0.113. The fourth-order valence-electron chi connectivity index (χ4n) is 2.33. The van der Waals surface area contributed by atoms with Gasteiger partial charge in [0.1, 0.15) is 0 Å². The molecule has 1 saturated carbocycles. The maximum Gasteiger partial charge on any atom is 0.234 e. The van der Waals surface area contributed by atoms with E-state index in [4.69, 9.17) is 11.6 Å². The number of amides is 1. The molecule has 0 spiro atoms. The molecule has 2 N–H and O–H groups in total. The standard InChI is InChI=1S/C19H17ClN4OS3/c20-12-5-9-14(10-6-12)27-16-4-2-1-3-15(16)22-17(25)11-26-19-24-23-18(28-19)21-13-7-8-13/h1-6,9-10,13H,7-8,11H2,(H,21,23)(H,22,25). The molecule has 9 heteroatoms. The summed E-state index contributed by atoms with van der Waals surface area (Å²) in [7, 11) is 0. The first kappa shape index (κ1) is 19.6. The van der Waals surface area contributed by atoms with Crippen molar-refractivity contribution in [1.29, 1.82) is 0 Å². The Kier molecular flexibility index (Phi) is 6.41. The first-order valence-corrected chi connectivity index (χ1v) is 11.7. The molecule has 0 saturated heterocycles. The van der Waals surface area contributed by atoms with Gasteiger partial charge in [0, 0.05) is 20.9 Å². The smallest absolute Gasteiger partial charge is 0.234 e. The van der Waals surface area contributed by atoms with Gasteiger partial charge in [0.15, 0.2) is 4.34 Å². The van der Waals surface area contributed by atoms with Gasteiger partial charge in [-0.25, -0.2) is 0 Å². The largest absolute Gasteiger partial charge is 0.357 e. The number of carbonyl (C=O) groups is 1. The van der Waals surface area contributed by atoms with Crippen molar-refractivity contribution in [2.45, 2.75) is 33.0 Å². The number of aromatic nitrogens is 2. The number of halogens is 1. The average Bonchev–Trinajstić information content (AvgIpc) is 3.39. The molecule has 1 aliphatic carbocycles. The highest BCUT2D eigenvalue weighted by atomic mass is 35.5. The van der Waals surface area contributed by atoms with E-state index in [1.54, 1.807) is 11.8 Å². The number of benzene rings is 2. The number of para-hydroxylation sites is 1. The van der Waals surface area contributed by atoms with E-state index in [-0.39, 0.29) is 11.7 Å². The third-order valence-corrected chi connectivity index (χ3v) is 7.16. The highest BCUT2D eigenvalue weighted by molar-refractivity contribution is 8.01. The first-order chi connectivity index (χ1) is 13.7. The van der Waals surface area contributed by atoms with Crippen LogP contribution in [0.2, 0.25) is 5.02 Å². The maximum absolute atomic E-state index is 12.4. The van der Waals surface area contributed by atoms with Gasteiger partial charge >= 0.3 is 0 Å². The third-order valence-electron chi connectivity index (χ3n) is 3.84. The van der Waals surface area contributed by atoms with E-state index in [2.05, 4.69) is 20.8 Å². The van der Waals surface area contributed by atoms with E-state index in [1.807, 2.05) is 48.5 Å². The Hall–Kier alpha value is -1.74. The summed E-state index contributed by atoms with van der Waals surface area (Å²) in [6.45, 7) is 0. The Bertz CT molecular complexity index is 960. The van der Waals surface area contributed by atoms with Gasteiger partial charge in [-0.2, -0.15) is 0 Å². The van der Waals surface area contributed by atoms with Gasteiger partial charge in [0.25, 0.3) is 0 Å². The van der Waals surface area contributed by atoms with E-state index in [1.165, 1.54) is 35.9 Å². The maximum atomic E-state index is 12.4. The molecule has 0 atom stereocenters. The second-order valence-electron chi connectivity index (χ2n) is 6.18. The minimum Gasteiger partial charge on any atom is -0.357 e. The van der Waals surface area contributed by atoms with Crippen LogP contribution < -0.4 is 10.6 Å². The lowest BCUT2D eigenvalue weighted by atomic mass is 10.3. The first-order valence-electron chi connectivity index (χ1n) is 8.71. The van der Waals surface area contributed by atoms with Gasteiger partial charge in [0.05, 0.1) is 11.4 Å². The van der Waals surface area contributed by atoms with Gasteiger partial charge < -0.3 is 10.6 Å². The summed E-state index contributed by atoms with van der Waals surface area (Å²) in [6, 6.07) is 15.9. The molecule has 4 rings (SSSR count). The van der Waals surface area contributed by atoms with Crippen LogP contribution >= 0.6 is 46.5 Å². The molecule has 1 amide bonds. The zero-order valence-electron chi connectivity index (χ0n) is 14.7. The van der Waals surface area contributed by atoms with Crippen LogP contribution in [0.15, 0.2) is 62.7 Å². The molecule has 144 valence electrons. The number of hydrogen-bond acceptors (Lipinski definition) is 7. The monoisotopic (exact) mass is 448 g/mol. The fraction of sp³-hybridized carbons (Fsp3) is 0.211. The van der Waals surface area contributed by atoms with Gasteiger partial charge in [-0.15, -0.1) is 10.2 Å². The number of thioether (sulfide) groups is 1. The predicted octanol–water partition coefficient (Wildman–Crippen LogP) is 5.65. The number of rotatable bonds is 8. The second kappa shape index (κ2) is 9.17. The van der Waals surface area contributed by atoms with Gasteiger partial charge in [-0.3, -0.25) is 4.79 Å². The summed E-state index contributed by atoms with van der Waals surface area (Å²) >= 11 is 10.4. The molecule has 0 unspecified atom stereocenters. The summed E-state index contributed by atoms with van der Waals surface area (Å²) in [5.41, 5.74) is 0.793. The van der Waals surface area contributed by atoms with Gasteiger partial charge in [-0.1, -0.05) is 58.6 Å². The van der Waals surface area contributed by atoms with Crippen LogP contribution in [0.3, 0.4) is 0 Å². The number of hydrogen-bond donors (Lipinski definition) is 2. The topological polar surface area (TPSA) is 66.9 Å². The van der Waals surface area contributed by atoms with Crippen LogP contribution in [-0.4, -0.2) is 27.9 Å². The van der Waals surface area contributed by atoms with E-state index in [9.17, 15) is 4.79 Å². The van der Waals surface area contributed by atoms with Gasteiger partial charge in [0.2, 0.25) is 11.0 Å². The minimum atomic E-state index is -0.0685. The number of nitrogens with zero attached hydrogens (tertiary/aromatic N) is 2. The van der Waals surface area contributed by atoms with Crippen molar-refractivity contribution in [2.24, 2.45) is 0 Å². The summed E-state index contributed by atoms with van der Waals surface area (Å²) < 4.78 is 0.794. The second-order valence-corrected chi connectivity index (χ2v) is 9.93. The van der Waals surface area contributed by atoms with Crippen LogP contribution in [0, 0.1) is 0 Å². The van der Waals surface area contributed by atoms with E-state index in [0.717, 1.165) is 24.9 Å². The number of nitrogens with one attached hydrogen (secondary N) is 2. The molecule has 2 aromatic carbocycles. The molecular weight excluding hydrogens is 432 g/mol. The summed E-state index contributed by atoms with van der Waals surface area (Å²) in [6.07, 6.45) is 2.38. The quantitative estimate of drug-likeness (QED) is 0.434. The number of anilines is 2. The van der Waals surface area contributed by atoms with Crippen molar-refractivity contribution in [3.05, 3.63) is 53.6 Å². The van der Waals surface area contributed by atoms with Crippen LogP contribution in [0.4, 0.5) is 10.8 Å². The zero-order chi connectivity index (χ0) is 19.3. The van der Waals surface area contributed by atoms with E-state index < -0.39 is 0 Å². The van der Waals surface area contributed by atoms with Crippen molar-refractivity contribution >= 4 is 63.2 Å². The average molecular weight is 449 g/mol. The highest BCUT2D eigenvalue weighted by Gasteiger charge is 2.22. The summed E-state index contributed by atoms with van der Waals surface area (Å²) in [5.74, 6) is 0.221. The lowest BCUT2D eigenvalue weighted by Crippen LogP contribution is -2.14. The summed E-state index contributed by atoms with van der Waals surface area (Å²) in [5, 5.41) is 16.1. The van der Waals surface area contributed by atoms with Crippen molar-refractivity contribution in [1.82, 2.24) is 10.2 Å². The van der Waals surface area contributed by atoms with Crippen LogP contribution in [0.25, 0.3) is 0 Å². The van der Waals surface area contributed by atoms with Crippen molar-refractivity contribution in [3.8, 4) is 0 Å². The minimum absolute atomic E-state index is 0.0685. The molecule has 0 radical (unpaired) electrons. The summed E-state index contributed by atoms with van der Waals surface area (Å²) in [4.78, 5) is 14.5.